The second-order valence-electron chi connectivity index (χ2n) is 5.17. The number of ether oxygens (including phenoxy) is 1. The van der Waals surface area contributed by atoms with Crippen LogP contribution in [0.5, 0.6) is 0 Å². The molecule has 6 nitrogen and oxygen atoms in total. The highest BCUT2D eigenvalue weighted by Crippen LogP contribution is 2.18. The van der Waals surface area contributed by atoms with Gasteiger partial charge in [-0.05, 0) is 26.7 Å². The van der Waals surface area contributed by atoms with E-state index in [2.05, 4.69) is 5.32 Å². The Kier molecular flexibility index (Phi) is 5.17. The van der Waals surface area contributed by atoms with Crippen molar-refractivity contribution in [1.82, 2.24) is 10.2 Å². The van der Waals surface area contributed by atoms with Crippen LogP contribution in [0.15, 0.2) is 0 Å². The van der Waals surface area contributed by atoms with Crippen LogP contribution >= 0.6 is 0 Å². The molecule has 2 unspecified atom stereocenters. The van der Waals surface area contributed by atoms with E-state index in [1.54, 1.807) is 18.7 Å². The van der Waals surface area contributed by atoms with Gasteiger partial charge in [-0.15, -0.1) is 0 Å². The lowest BCUT2D eigenvalue weighted by Crippen LogP contribution is -2.61. The van der Waals surface area contributed by atoms with Gasteiger partial charge >= 0.3 is 12.0 Å². The normalized spacial score (nSPS) is 24.1. The molecule has 0 spiro atoms. The molecule has 0 saturated carbocycles. The van der Waals surface area contributed by atoms with Crippen LogP contribution in [-0.4, -0.2) is 52.8 Å². The lowest BCUT2D eigenvalue weighted by atomic mass is 9.93. The maximum Gasteiger partial charge on any atom is 0.329 e. The molecule has 1 saturated heterocycles. The zero-order chi connectivity index (χ0) is 14.6. The molecule has 19 heavy (non-hydrogen) atoms. The summed E-state index contributed by atoms with van der Waals surface area (Å²) < 4.78 is 5.46. The third-order valence-electron chi connectivity index (χ3n) is 3.83. The third kappa shape index (κ3) is 3.37. The number of morpholine rings is 1. The zero-order valence-corrected chi connectivity index (χ0v) is 12.1. The number of carboxylic acids is 1. The van der Waals surface area contributed by atoms with Crippen molar-refractivity contribution in [2.24, 2.45) is 0 Å². The Labute approximate surface area is 114 Å². The summed E-state index contributed by atoms with van der Waals surface area (Å²) in [5.74, 6) is -0.986. The van der Waals surface area contributed by atoms with Crippen LogP contribution in [0.3, 0.4) is 0 Å². The number of hydrogen-bond acceptors (Lipinski definition) is 3. The Bertz CT molecular complexity index is 342. The molecule has 1 aliphatic rings. The molecular weight excluding hydrogens is 248 g/mol. The van der Waals surface area contributed by atoms with Crippen LogP contribution in [0.4, 0.5) is 4.79 Å². The molecule has 1 rings (SSSR count). The van der Waals surface area contributed by atoms with Crippen molar-refractivity contribution in [3.8, 4) is 0 Å². The van der Waals surface area contributed by atoms with Gasteiger partial charge in [-0.2, -0.15) is 0 Å². The molecule has 1 fully saturated rings. The average molecular weight is 272 g/mol. The van der Waals surface area contributed by atoms with Gasteiger partial charge in [-0.3, -0.25) is 0 Å². The third-order valence-corrected chi connectivity index (χ3v) is 3.83. The van der Waals surface area contributed by atoms with E-state index < -0.39 is 11.5 Å². The number of amides is 2. The minimum atomic E-state index is -1.18. The van der Waals surface area contributed by atoms with Gasteiger partial charge < -0.3 is 20.1 Å². The van der Waals surface area contributed by atoms with Crippen LogP contribution < -0.4 is 5.32 Å². The molecule has 110 valence electrons. The van der Waals surface area contributed by atoms with E-state index in [-0.39, 0.29) is 18.2 Å². The summed E-state index contributed by atoms with van der Waals surface area (Å²) in [7, 11) is 0. The Morgan fingerprint density at radius 1 is 1.37 bits per heavy atom. The molecule has 0 radical (unpaired) electrons. The SMILES string of the molecule is CCC(CC)(NC(=O)N1CC(C)OCC1C)C(=O)O. The lowest BCUT2D eigenvalue weighted by Gasteiger charge is -2.39. The zero-order valence-electron chi connectivity index (χ0n) is 12.1. The number of rotatable bonds is 4. The van der Waals surface area contributed by atoms with E-state index in [1.165, 1.54) is 0 Å². The van der Waals surface area contributed by atoms with E-state index in [0.29, 0.717) is 26.0 Å². The molecule has 0 aromatic carbocycles. The summed E-state index contributed by atoms with van der Waals surface area (Å²) in [4.78, 5) is 25.3. The number of carbonyl (C=O) groups is 2. The number of aliphatic carboxylic acids is 1. The van der Waals surface area contributed by atoms with Gasteiger partial charge in [0.15, 0.2) is 0 Å². The number of nitrogens with one attached hydrogen (secondary N) is 1. The first-order valence-electron chi connectivity index (χ1n) is 6.80. The summed E-state index contributed by atoms with van der Waals surface area (Å²) in [6.45, 7) is 8.29. The molecule has 0 aliphatic carbocycles. The van der Waals surface area contributed by atoms with Gasteiger partial charge in [-0.1, -0.05) is 13.8 Å². The monoisotopic (exact) mass is 272 g/mol. The summed E-state index contributed by atoms with van der Waals surface area (Å²) >= 11 is 0. The van der Waals surface area contributed by atoms with Crippen molar-refractivity contribution >= 4 is 12.0 Å². The lowest BCUT2D eigenvalue weighted by molar-refractivity contribution is -0.145. The van der Waals surface area contributed by atoms with Crippen LogP contribution in [0, 0.1) is 0 Å². The smallest absolute Gasteiger partial charge is 0.329 e. The second-order valence-corrected chi connectivity index (χ2v) is 5.17. The van der Waals surface area contributed by atoms with E-state index in [9.17, 15) is 14.7 Å². The minimum Gasteiger partial charge on any atom is -0.480 e. The van der Waals surface area contributed by atoms with Gasteiger partial charge in [-0.25, -0.2) is 9.59 Å². The Morgan fingerprint density at radius 3 is 2.42 bits per heavy atom. The van der Waals surface area contributed by atoms with Crippen molar-refractivity contribution in [2.75, 3.05) is 13.2 Å². The molecule has 0 aromatic heterocycles. The fourth-order valence-electron chi connectivity index (χ4n) is 2.25. The fraction of sp³-hybridized carbons (Fsp3) is 0.846. The van der Waals surface area contributed by atoms with E-state index in [0.717, 1.165) is 0 Å². The minimum absolute atomic E-state index is 0.0237. The predicted molar refractivity (Wildman–Crippen MR) is 71.1 cm³/mol. The van der Waals surface area contributed by atoms with E-state index >= 15 is 0 Å². The maximum absolute atomic E-state index is 12.3. The first kappa shape index (κ1) is 15.8. The number of carbonyl (C=O) groups excluding carboxylic acids is 1. The highest BCUT2D eigenvalue weighted by molar-refractivity contribution is 5.86. The summed E-state index contributed by atoms with van der Waals surface area (Å²) in [6, 6.07) is -0.370. The molecule has 0 bridgehead atoms. The quantitative estimate of drug-likeness (QED) is 0.812. The molecule has 1 heterocycles. The second kappa shape index (κ2) is 6.23. The molecule has 2 amide bonds. The topological polar surface area (TPSA) is 78.9 Å². The van der Waals surface area contributed by atoms with Gasteiger partial charge in [0.25, 0.3) is 0 Å². The number of carboxylic acid groups (broad SMARTS) is 1. The molecule has 0 aromatic rings. The number of urea groups is 1. The molecule has 2 atom stereocenters. The van der Waals surface area contributed by atoms with Gasteiger partial charge in [0, 0.05) is 6.54 Å². The first-order valence-corrected chi connectivity index (χ1v) is 6.80. The average Bonchev–Trinajstić information content (AvgIpc) is 2.38. The van der Waals surface area contributed by atoms with Crippen molar-refractivity contribution in [1.29, 1.82) is 0 Å². The Balaban J connectivity index is 2.79. The standard InChI is InChI=1S/C13H24N2O4/c1-5-13(6-2,11(16)17)14-12(18)15-7-10(4)19-8-9(15)3/h9-10H,5-8H2,1-4H3,(H,14,18)(H,16,17). The molecular formula is C13H24N2O4. The van der Waals surface area contributed by atoms with Crippen molar-refractivity contribution in [3.05, 3.63) is 0 Å². The first-order chi connectivity index (χ1) is 8.86. The largest absolute Gasteiger partial charge is 0.480 e. The van der Waals surface area contributed by atoms with Gasteiger partial charge in [0.2, 0.25) is 0 Å². The summed E-state index contributed by atoms with van der Waals surface area (Å²) in [6.07, 6.45) is 0.696. The number of hydrogen-bond donors (Lipinski definition) is 2. The highest BCUT2D eigenvalue weighted by atomic mass is 16.5. The van der Waals surface area contributed by atoms with Crippen LogP contribution in [0.1, 0.15) is 40.5 Å². The molecule has 6 heteroatoms. The molecule has 1 aliphatic heterocycles. The van der Waals surface area contributed by atoms with Crippen molar-refractivity contribution in [3.63, 3.8) is 0 Å². The Morgan fingerprint density at radius 2 is 1.95 bits per heavy atom. The van der Waals surface area contributed by atoms with E-state index in [1.807, 2.05) is 13.8 Å². The van der Waals surface area contributed by atoms with Crippen molar-refractivity contribution < 1.29 is 19.4 Å². The van der Waals surface area contributed by atoms with Gasteiger partial charge in [0.1, 0.15) is 5.54 Å². The highest BCUT2D eigenvalue weighted by Gasteiger charge is 2.39. The summed E-state index contributed by atoms with van der Waals surface area (Å²) in [5, 5.41) is 12.0. The predicted octanol–water partition coefficient (Wildman–Crippen LogP) is 1.45. The number of nitrogens with zero attached hydrogens (tertiary/aromatic N) is 1. The van der Waals surface area contributed by atoms with Crippen LogP contribution in [-0.2, 0) is 9.53 Å². The van der Waals surface area contributed by atoms with Crippen molar-refractivity contribution in [2.45, 2.75) is 58.2 Å². The van der Waals surface area contributed by atoms with E-state index in [4.69, 9.17) is 4.74 Å². The van der Waals surface area contributed by atoms with Gasteiger partial charge in [0.05, 0.1) is 18.8 Å². The van der Waals surface area contributed by atoms with Crippen LogP contribution in [0.25, 0.3) is 0 Å². The molecule has 2 N–H and O–H groups in total. The maximum atomic E-state index is 12.3. The fourth-order valence-corrected chi connectivity index (χ4v) is 2.25. The summed E-state index contributed by atoms with van der Waals surface area (Å²) in [5.41, 5.74) is -1.18. The Hall–Kier alpha value is -1.30. The van der Waals surface area contributed by atoms with Crippen LogP contribution in [0.2, 0.25) is 0 Å².